The van der Waals surface area contributed by atoms with Crippen LogP contribution in [0.4, 0.5) is 0 Å². The highest BCUT2D eigenvalue weighted by Crippen LogP contribution is 2.18. The van der Waals surface area contributed by atoms with Gasteiger partial charge in [0.25, 0.3) is 0 Å². The molecule has 0 fully saturated rings. The van der Waals surface area contributed by atoms with Crippen LogP contribution in [0.25, 0.3) is 5.70 Å². The molecule has 0 saturated carbocycles. The molecule has 0 aromatic heterocycles. The van der Waals surface area contributed by atoms with Gasteiger partial charge in [-0.25, -0.2) is 0 Å². The fourth-order valence-corrected chi connectivity index (χ4v) is 1.57. The van der Waals surface area contributed by atoms with Crippen LogP contribution in [0.15, 0.2) is 30.8 Å². The molecule has 1 N–H and O–H groups in total. The Morgan fingerprint density at radius 3 is 2.06 bits per heavy atom. The lowest BCUT2D eigenvalue weighted by molar-refractivity contribution is 0.646. The van der Waals surface area contributed by atoms with E-state index < -0.39 is 0 Å². The van der Waals surface area contributed by atoms with Crippen molar-refractivity contribution < 1.29 is 0 Å². The Balaban J connectivity index is 0. The van der Waals surface area contributed by atoms with Crippen molar-refractivity contribution in [3.05, 3.63) is 42.0 Å². The number of rotatable bonds is 4. The van der Waals surface area contributed by atoms with Crippen LogP contribution in [0.5, 0.6) is 0 Å². The maximum Gasteiger partial charge on any atom is 0.0340 e. The van der Waals surface area contributed by atoms with Gasteiger partial charge in [-0.05, 0) is 17.9 Å². The van der Waals surface area contributed by atoms with Crippen LogP contribution in [0.2, 0.25) is 0 Å². The van der Waals surface area contributed by atoms with E-state index in [4.69, 9.17) is 0 Å². The van der Waals surface area contributed by atoms with E-state index in [1.54, 1.807) is 0 Å². The molecule has 0 saturated heterocycles. The summed E-state index contributed by atoms with van der Waals surface area (Å²) in [6.07, 6.45) is 1.11. The van der Waals surface area contributed by atoms with E-state index in [2.05, 4.69) is 50.0 Å². The third-order valence-electron chi connectivity index (χ3n) is 2.27. The first-order valence-corrected chi connectivity index (χ1v) is 7.10. The van der Waals surface area contributed by atoms with Crippen molar-refractivity contribution in [1.82, 2.24) is 5.32 Å². The molecule has 0 aliphatic rings. The van der Waals surface area contributed by atoms with Gasteiger partial charge in [0.1, 0.15) is 0 Å². The summed E-state index contributed by atoms with van der Waals surface area (Å²) >= 11 is 0. The summed E-state index contributed by atoms with van der Waals surface area (Å²) in [4.78, 5) is 0. The van der Waals surface area contributed by atoms with Crippen molar-refractivity contribution >= 4 is 5.70 Å². The normalized spacial score (nSPS) is 8.67. The first-order valence-electron chi connectivity index (χ1n) is 7.10. The molecule has 0 aliphatic heterocycles. The van der Waals surface area contributed by atoms with Crippen LogP contribution >= 0.6 is 0 Å². The maximum absolute atomic E-state index is 4.00. The van der Waals surface area contributed by atoms with E-state index in [1.807, 2.05) is 34.7 Å². The van der Waals surface area contributed by atoms with Crippen LogP contribution in [0.3, 0.4) is 0 Å². The molecule has 0 atom stereocenters. The summed E-state index contributed by atoms with van der Waals surface area (Å²) in [7, 11) is 1.91. The van der Waals surface area contributed by atoms with Crippen LogP contribution in [-0.2, 0) is 6.42 Å². The molecule has 0 spiro atoms. The zero-order chi connectivity index (χ0) is 14.6. The molecule has 1 nitrogen and oxygen atoms in total. The summed E-state index contributed by atoms with van der Waals surface area (Å²) in [5, 5.41) is 3.10. The third-order valence-corrected chi connectivity index (χ3v) is 2.27. The smallest absolute Gasteiger partial charge is 0.0340 e. The van der Waals surface area contributed by atoms with Gasteiger partial charge >= 0.3 is 0 Å². The molecule has 1 heteroatoms. The second-order valence-corrected chi connectivity index (χ2v) is 3.98. The maximum atomic E-state index is 4.00. The Morgan fingerprint density at radius 1 is 1.11 bits per heavy atom. The Hall–Kier alpha value is -1.24. The lowest BCUT2D eigenvalue weighted by Crippen LogP contribution is -2.07. The monoisotopic (exact) mass is 249 g/mol. The highest BCUT2D eigenvalue weighted by Gasteiger charge is 2.05. The first-order chi connectivity index (χ1) is 8.65. The van der Waals surface area contributed by atoms with Crippen molar-refractivity contribution in [2.24, 2.45) is 5.92 Å². The molecule has 0 bridgehead atoms. The van der Waals surface area contributed by atoms with Gasteiger partial charge in [-0.2, -0.15) is 0 Å². The molecule has 0 radical (unpaired) electrons. The quantitative estimate of drug-likeness (QED) is 0.780. The summed E-state index contributed by atoms with van der Waals surface area (Å²) in [6.45, 7) is 16.5. The third kappa shape index (κ3) is 7.16. The van der Waals surface area contributed by atoms with Crippen LogP contribution in [0.1, 0.15) is 52.7 Å². The van der Waals surface area contributed by atoms with Crippen molar-refractivity contribution in [3.8, 4) is 0 Å². The van der Waals surface area contributed by atoms with Crippen LogP contribution in [0, 0.1) is 5.92 Å². The zero-order valence-electron chi connectivity index (χ0n) is 13.3. The second kappa shape index (κ2) is 12.2. The van der Waals surface area contributed by atoms with Gasteiger partial charge in [0.15, 0.2) is 0 Å². The van der Waals surface area contributed by atoms with E-state index in [0.717, 1.165) is 12.1 Å². The minimum absolute atomic E-state index is 0.681. The highest BCUT2D eigenvalue weighted by atomic mass is 14.8. The molecular formula is C17H31N. The zero-order valence-corrected chi connectivity index (χ0v) is 13.3. The molecule has 1 aromatic rings. The Labute approximate surface area is 114 Å². The van der Waals surface area contributed by atoms with Gasteiger partial charge in [0.2, 0.25) is 0 Å². The molecule has 0 amide bonds. The van der Waals surface area contributed by atoms with Crippen LogP contribution < -0.4 is 5.32 Å². The molecule has 18 heavy (non-hydrogen) atoms. The SMILES string of the molecule is C=C(NC)c1ccccc1CC(C)C.CC.CC. The van der Waals surface area contributed by atoms with Gasteiger partial charge in [0.05, 0.1) is 0 Å². The second-order valence-electron chi connectivity index (χ2n) is 3.98. The van der Waals surface area contributed by atoms with Gasteiger partial charge in [0, 0.05) is 18.3 Å². The van der Waals surface area contributed by atoms with E-state index in [1.165, 1.54) is 11.1 Å². The van der Waals surface area contributed by atoms with Crippen molar-refractivity contribution in [2.45, 2.75) is 48.0 Å². The van der Waals surface area contributed by atoms with Crippen molar-refractivity contribution in [3.63, 3.8) is 0 Å². The Kier molecular flexibility index (Phi) is 13.0. The Morgan fingerprint density at radius 2 is 1.61 bits per heavy atom. The number of hydrogen-bond donors (Lipinski definition) is 1. The highest BCUT2D eigenvalue weighted by molar-refractivity contribution is 5.64. The lowest BCUT2D eigenvalue weighted by Gasteiger charge is -2.13. The standard InChI is InChI=1S/C13H19N.2C2H6/c1-10(2)9-12-7-5-6-8-13(12)11(3)14-4;2*1-2/h5-8,10,14H,3,9H2,1-2,4H3;2*1-2H3. The predicted octanol–water partition coefficient (Wildman–Crippen LogP) is 5.13. The fraction of sp³-hybridized carbons (Fsp3) is 0.529. The van der Waals surface area contributed by atoms with Crippen molar-refractivity contribution in [2.75, 3.05) is 7.05 Å². The average Bonchev–Trinajstić information content (AvgIpc) is 2.42. The minimum Gasteiger partial charge on any atom is -0.388 e. The van der Waals surface area contributed by atoms with E-state index >= 15 is 0 Å². The molecular weight excluding hydrogens is 218 g/mol. The summed E-state index contributed by atoms with van der Waals surface area (Å²) in [5.41, 5.74) is 3.62. The lowest BCUT2D eigenvalue weighted by atomic mass is 9.97. The topological polar surface area (TPSA) is 12.0 Å². The van der Waals surface area contributed by atoms with E-state index in [-0.39, 0.29) is 0 Å². The molecule has 0 unspecified atom stereocenters. The first kappa shape index (κ1) is 19.1. The van der Waals surface area contributed by atoms with Gasteiger partial charge < -0.3 is 5.32 Å². The summed E-state index contributed by atoms with van der Waals surface area (Å²) in [5.74, 6) is 0.681. The largest absolute Gasteiger partial charge is 0.388 e. The molecule has 104 valence electrons. The molecule has 1 rings (SSSR count). The Bertz CT molecular complexity index is 313. The van der Waals surface area contributed by atoms with E-state index in [9.17, 15) is 0 Å². The molecule has 0 heterocycles. The van der Waals surface area contributed by atoms with Crippen molar-refractivity contribution in [1.29, 1.82) is 0 Å². The fourth-order valence-electron chi connectivity index (χ4n) is 1.57. The van der Waals surface area contributed by atoms with Gasteiger partial charge in [-0.1, -0.05) is 72.4 Å². The molecule has 0 aliphatic carbocycles. The predicted molar refractivity (Wildman–Crippen MR) is 85.8 cm³/mol. The summed E-state index contributed by atoms with van der Waals surface area (Å²) < 4.78 is 0. The number of benzene rings is 1. The number of nitrogens with one attached hydrogen (secondary N) is 1. The summed E-state index contributed by atoms with van der Waals surface area (Å²) in [6, 6.07) is 8.44. The van der Waals surface area contributed by atoms with E-state index in [0.29, 0.717) is 5.92 Å². The van der Waals surface area contributed by atoms with Crippen LogP contribution in [-0.4, -0.2) is 7.05 Å². The molecule has 1 aromatic carbocycles. The van der Waals surface area contributed by atoms with Gasteiger partial charge in [-0.3, -0.25) is 0 Å². The number of hydrogen-bond acceptors (Lipinski definition) is 1. The average molecular weight is 249 g/mol. The van der Waals surface area contributed by atoms with Gasteiger partial charge in [-0.15, -0.1) is 0 Å². The minimum atomic E-state index is 0.681.